The number of nitrogens with zero attached hydrogens (tertiary/aromatic N) is 6. The van der Waals surface area contributed by atoms with Crippen molar-refractivity contribution in [2.24, 2.45) is 0 Å². The van der Waals surface area contributed by atoms with Gasteiger partial charge >= 0.3 is 0 Å². The molecule has 1 aliphatic heterocycles. The summed E-state index contributed by atoms with van der Waals surface area (Å²) in [5.41, 5.74) is 2.17. The van der Waals surface area contributed by atoms with Crippen molar-refractivity contribution in [3.63, 3.8) is 0 Å². The lowest BCUT2D eigenvalue weighted by Gasteiger charge is -2.35. The van der Waals surface area contributed by atoms with Crippen LogP contribution in [0.25, 0.3) is 15.9 Å². The van der Waals surface area contributed by atoms with Gasteiger partial charge in [-0.1, -0.05) is 6.92 Å². The molecule has 1 amide bonds. The fourth-order valence-electron chi connectivity index (χ4n) is 4.02. The van der Waals surface area contributed by atoms with Crippen LogP contribution < -0.4 is 4.90 Å². The van der Waals surface area contributed by atoms with Gasteiger partial charge in [0.05, 0.1) is 28.5 Å². The number of halogens is 1. The van der Waals surface area contributed by atoms with E-state index >= 15 is 0 Å². The number of hydrogen-bond acceptors (Lipinski definition) is 6. The highest BCUT2D eigenvalue weighted by Crippen LogP contribution is 2.27. The molecular weight excluding hydrogens is 415 g/mol. The van der Waals surface area contributed by atoms with Gasteiger partial charge in [0.15, 0.2) is 0 Å². The summed E-state index contributed by atoms with van der Waals surface area (Å²) in [6.45, 7) is 4.63. The van der Waals surface area contributed by atoms with E-state index in [-0.39, 0.29) is 11.7 Å². The van der Waals surface area contributed by atoms with Crippen LogP contribution in [0, 0.1) is 5.82 Å². The Kier molecular flexibility index (Phi) is 5.11. The number of carbonyl (C=O) groups is 1. The molecular formula is C22H21FN6OS. The van der Waals surface area contributed by atoms with Crippen LogP contribution in [0.3, 0.4) is 0 Å². The molecule has 4 heterocycles. The Bertz CT molecular complexity index is 1230. The summed E-state index contributed by atoms with van der Waals surface area (Å²) >= 11 is 1.60. The number of carbonyl (C=O) groups excluding carboxylic acids is 1. The Morgan fingerprint density at radius 1 is 1.10 bits per heavy atom. The van der Waals surface area contributed by atoms with Gasteiger partial charge < -0.3 is 9.80 Å². The summed E-state index contributed by atoms with van der Waals surface area (Å²) in [5.74, 6) is 0.608. The van der Waals surface area contributed by atoms with Gasteiger partial charge in [0.1, 0.15) is 22.8 Å². The number of piperazine rings is 1. The Labute approximate surface area is 182 Å². The summed E-state index contributed by atoms with van der Waals surface area (Å²) in [5, 5.41) is 7.49. The SMILES string of the molecule is CCc1c(C(=O)N2CCN(c3ncnc4sccc34)CC2)cnn1-c1ccc(F)cc1. The number of thiophene rings is 1. The minimum absolute atomic E-state index is 0.0202. The lowest BCUT2D eigenvalue weighted by Crippen LogP contribution is -2.49. The lowest BCUT2D eigenvalue weighted by atomic mass is 10.1. The second kappa shape index (κ2) is 8.07. The van der Waals surface area contributed by atoms with Gasteiger partial charge in [0.25, 0.3) is 5.91 Å². The van der Waals surface area contributed by atoms with Crippen LogP contribution in [0.15, 0.2) is 48.2 Å². The molecule has 1 aromatic carbocycles. The second-order valence-corrected chi connectivity index (χ2v) is 8.26. The minimum atomic E-state index is -0.300. The Balaban J connectivity index is 1.34. The summed E-state index contributed by atoms with van der Waals surface area (Å²) in [7, 11) is 0. The van der Waals surface area contributed by atoms with E-state index in [1.54, 1.807) is 40.7 Å². The van der Waals surface area contributed by atoms with Crippen LogP contribution in [0.4, 0.5) is 10.2 Å². The van der Waals surface area contributed by atoms with Gasteiger partial charge in [-0.15, -0.1) is 11.3 Å². The quantitative estimate of drug-likeness (QED) is 0.490. The molecule has 31 heavy (non-hydrogen) atoms. The number of hydrogen-bond donors (Lipinski definition) is 0. The van der Waals surface area contributed by atoms with Crippen LogP contribution in [0.1, 0.15) is 23.0 Å². The van der Waals surface area contributed by atoms with Crippen molar-refractivity contribution in [2.75, 3.05) is 31.1 Å². The van der Waals surface area contributed by atoms with Gasteiger partial charge in [0, 0.05) is 26.2 Å². The maximum absolute atomic E-state index is 13.3. The average molecular weight is 437 g/mol. The van der Waals surface area contributed by atoms with Crippen LogP contribution in [-0.4, -0.2) is 56.7 Å². The number of amides is 1. The third-order valence-electron chi connectivity index (χ3n) is 5.61. The standard InChI is InChI=1S/C22H21FN6OS/c1-2-19-18(13-26-29(19)16-5-3-15(23)4-6-16)22(30)28-10-8-27(9-11-28)20-17-7-12-31-21(17)25-14-24-20/h3-7,12-14H,2,8-11H2,1H3. The highest BCUT2D eigenvalue weighted by atomic mass is 32.1. The average Bonchev–Trinajstić information content (AvgIpc) is 3.46. The van der Waals surface area contributed by atoms with Crippen LogP contribution in [0.5, 0.6) is 0 Å². The molecule has 4 aromatic rings. The maximum atomic E-state index is 13.3. The van der Waals surface area contributed by atoms with E-state index in [0.29, 0.717) is 38.2 Å². The predicted molar refractivity (Wildman–Crippen MR) is 118 cm³/mol. The summed E-state index contributed by atoms with van der Waals surface area (Å²) in [6, 6.07) is 8.18. The first kappa shape index (κ1) is 19.6. The third-order valence-corrected chi connectivity index (χ3v) is 6.43. The van der Waals surface area contributed by atoms with Crippen molar-refractivity contribution in [2.45, 2.75) is 13.3 Å². The number of aromatic nitrogens is 4. The molecule has 0 N–H and O–H groups in total. The van der Waals surface area contributed by atoms with E-state index in [1.807, 2.05) is 23.3 Å². The number of rotatable bonds is 4. The summed E-state index contributed by atoms with van der Waals surface area (Å²) in [6.07, 6.45) is 3.87. The molecule has 3 aromatic heterocycles. The summed E-state index contributed by atoms with van der Waals surface area (Å²) < 4.78 is 15.0. The van der Waals surface area contributed by atoms with E-state index in [9.17, 15) is 9.18 Å². The minimum Gasteiger partial charge on any atom is -0.352 e. The van der Waals surface area contributed by atoms with Crippen LogP contribution in [0.2, 0.25) is 0 Å². The molecule has 5 rings (SSSR count). The van der Waals surface area contributed by atoms with Crippen molar-refractivity contribution in [1.82, 2.24) is 24.6 Å². The predicted octanol–water partition coefficient (Wildman–Crippen LogP) is 3.54. The zero-order valence-corrected chi connectivity index (χ0v) is 17.8. The largest absolute Gasteiger partial charge is 0.352 e. The smallest absolute Gasteiger partial charge is 0.257 e. The molecule has 0 unspecified atom stereocenters. The molecule has 0 atom stereocenters. The fraction of sp³-hybridized carbons (Fsp3) is 0.273. The zero-order valence-electron chi connectivity index (χ0n) is 17.0. The molecule has 0 radical (unpaired) electrons. The van der Waals surface area contributed by atoms with Crippen molar-refractivity contribution in [3.8, 4) is 5.69 Å². The van der Waals surface area contributed by atoms with Crippen molar-refractivity contribution in [1.29, 1.82) is 0 Å². The first-order valence-corrected chi connectivity index (χ1v) is 11.1. The lowest BCUT2D eigenvalue weighted by molar-refractivity contribution is 0.0745. The highest BCUT2D eigenvalue weighted by molar-refractivity contribution is 7.16. The molecule has 0 spiro atoms. The monoisotopic (exact) mass is 436 g/mol. The van der Waals surface area contributed by atoms with E-state index in [1.165, 1.54) is 12.1 Å². The van der Waals surface area contributed by atoms with Crippen molar-refractivity contribution < 1.29 is 9.18 Å². The fourth-order valence-corrected chi connectivity index (χ4v) is 4.75. The third kappa shape index (κ3) is 3.54. The Morgan fingerprint density at radius 2 is 1.87 bits per heavy atom. The zero-order chi connectivity index (χ0) is 21.4. The second-order valence-electron chi connectivity index (χ2n) is 7.36. The van der Waals surface area contributed by atoms with Gasteiger partial charge in [0.2, 0.25) is 0 Å². The van der Waals surface area contributed by atoms with Gasteiger partial charge in [-0.05, 0) is 42.1 Å². The number of anilines is 1. The first-order valence-electron chi connectivity index (χ1n) is 10.2. The van der Waals surface area contributed by atoms with E-state index in [4.69, 9.17) is 0 Å². The van der Waals surface area contributed by atoms with Gasteiger partial charge in [-0.2, -0.15) is 5.10 Å². The van der Waals surface area contributed by atoms with E-state index in [0.717, 1.165) is 27.4 Å². The molecule has 1 aliphatic rings. The topological polar surface area (TPSA) is 67.2 Å². The maximum Gasteiger partial charge on any atom is 0.257 e. The Hall–Kier alpha value is -3.33. The van der Waals surface area contributed by atoms with Crippen molar-refractivity contribution in [3.05, 3.63) is 65.3 Å². The molecule has 1 saturated heterocycles. The van der Waals surface area contributed by atoms with Crippen molar-refractivity contribution >= 4 is 33.3 Å². The van der Waals surface area contributed by atoms with E-state index in [2.05, 4.69) is 20.0 Å². The number of fused-ring (bicyclic) bond motifs is 1. The molecule has 9 heteroatoms. The molecule has 0 bridgehead atoms. The van der Waals surface area contributed by atoms with E-state index < -0.39 is 0 Å². The van der Waals surface area contributed by atoms with Gasteiger partial charge in [-0.25, -0.2) is 19.0 Å². The Morgan fingerprint density at radius 3 is 2.61 bits per heavy atom. The molecule has 1 fully saturated rings. The highest BCUT2D eigenvalue weighted by Gasteiger charge is 2.27. The van der Waals surface area contributed by atoms with Gasteiger partial charge in [-0.3, -0.25) is 4.79 Å². The van der Waals surface area contributed by atoms with Crippen LogP contribution in [-0.2, 0) is 6.42 Å². The molecule has 7 nitrogen and oxygen atoms in total. The number of benzene rings is 1. The summed E-state index contributed by atoms with van der Waals surface area (Å²) in [4.78, 5) is 27.1. The van der Waals surface area contributed by atoms with Crippen LogP contribution >= 0.6 is 11.3 Å². The normalized spacial score (nSPS) is 14.4. The first-order chi connectivity index (χ1) is 15.2. The molecule has 0 aliphatic carbocycles. The molecule has 0 saturated carbocycles. The molecule has 158 valence electrons.